The minimum atomic E-state index is -1.19. The molecule has 0 bridgehead atoms. The van der Waals surface area contributed by atoms with Crippen molar-refractivity contribution in [3.8, 4) is 0 Å². The van der Waals surface area contributed by atoms with Gasteiger partial charge in [-0.3, -0.25) is 0 Å². The van der Waals surface area contributed by atoms with Crippen molar-refractivity contribution in [3.05, 3.63) is 47.0 Å². The highest BCUT2D eigenvalue weighted by Gasteiger charge is 2.29. The lowest BCUT2D eigenvalue weighted by atomic mass is 9.93. The summed E-state index contributed by atoms with van der Waals surface area (Å²) in [7, 11) is 1.43. The highest BCUT2D eigenvalue weighted by atomic mass is 33.1. The SMILES string of the molecule is COC(=O)C1=C(c2ccc(C3=CCCCC3)cc2)S(=O)SC1. The summed E-state index contributed by atoms with van der Waals surface area (Å²) in [6.07, 6.45) is 7.09. The van der Waals surface area contributed by atoms with Gasteiger partial charge in [-0.1, -0.05) is 41.1 Å². The molecule has 1 aromatic carbocycles. The number of hydrogen-bond acceptors (Lipinski definition) is 4. The number of carbonyl (C=O) groups excluding carboxylic acids is 1. The number of rotatable bonds is 3. The van der Waals surface area contributed by atoms with Gasteiger partial charge in [0.25, 0.3) is 0 Å². The van der Waals surface area contributed by atoms with Crippen LogP contribution in [0.4, 0.5) is 0 Å². The Bertz CT molecular complexity index is 672. The molecule has 1 unspecified atom stereocenters. The Hall–Kier alpha value is -1.33. The van der Waals surface area contributed by atoms with E-state index in [9.17, 15) is 9.00 Å². The van der Waals surface area contributed by atoms with Gasteiger partial charge in [0.1, 0.15) is 9.83 Å². The average molecular weight is 334 g/mol. The molecule has 0 saturated heterocycles. The van der Waals surface area contributed by atoms with Crippen LogP contribution in [-0.4, -0.2) is 23.0 Å². The molecule has 0 N–H and O–H groups in total. The van der Waals surface area contributed by atoms with Crippen molar-refractivity contribution in [1.82, 2.24) is 0 Å². The Morgan fingerprint density at radius 2 is 1.91 bits per heavy atom. The van der Waals surface area contributed by atoms with E-state index in [1.165, 1.54) is 41.9 Å². The fourth-order valence-corrected chi connectivity index (χ4v) is 5.82. The number of benzene rings is 1. The molecule has 1 aliphatic heterocycles. The highest BCUT2D eigenvalue weighted by Crippen LogP contribution is 2.38. The van der Waals surface area contributed by atoms with Gasteiger partial charge >= 0.3 is 5.97 Å². The van der Waals surface area contributed by atoms with Crippen molar-refractivity contribution in [1.29, 1.82) is 0 Å². The Kier molecular flexibility index (Phi) is 4.84. The molecule has 0 saturated carbocycles. The molecule has 0 aromatic heterocycles. The molecule has 3 rings (SSSR count). The molecule has 1 aliphatic carbocycles. The van der Waals surface area contributed by atoms with Gasteiger partial charge in [-0.05, 0) is 42.4 Å². The molecule has 1 aromatic rings. The van der Waals surface area contributed by atoms with E-state index in [-0.39, 0.29) is 5.97 Å². The highest BCUT2D eigenvalue weighted by molar-refractivity contribution is 8.73. The number of ether oxygens (including phenoxy) is 1. The van der Waals surface area contributed by atoms with Gasteiger partial charge in [0, 0.05) is 5.75 Å². The van der Waals surface area contributed by atoms with E-state index in [4.69, 9.17) is 4.74 Å². The zero-order chi connectivity index (χ0) is 15.5. The van der Waals surface area contributed by atoms with E-state index in [0.717, 1.165) is 18.4 Å². The second kappa shape index (κ2) is 6.84. The molecule has 1 atom stereocenters. The monoisotopic (exact) mass is 334 g/mol. The predicted molar refractivity (Wildman–Crippen MR) is 92.4 cm³/mol. The first-order valence-corrected chi connectivity index (χ1v) is 10.0. The molecule has 1 heterocycles. The van der Waals surface area contributed by atoms with Gasteiger partial charge in [-0.25, -0.2) is 9.00 Å². The summed E-state index contributed by atoms with van der Waals surface area (Å²) >= 11 is 0. The summed E-state index contributed by atoms with van der Waals surface area (Å²) in [5, 5.41) is 0. The summed E-state index contributed by atoms with van der Waals surface area (Å²) in [5.41, 5.74) is 3.99. The minimum Gasteiger partial charge on any atom is -0.466 e. The lowest BCUT2D eigenvalue weighted by Crippen LogP contribution is -2.06. The molecule has 22 heavy (non-hydrogen) atoms. The molecule has 5 heteroatoms. The van der Waals surface area contributed by atoms with Crippen LogP contribution >= 0.6 is 10.8 Å². The zero-order valence-electron chi connectivity index (χ0n) is 12.5. The Balaban J connectivity index is 1.93. The number of esters is 1. The van der Waals surface area contributed by atoms with Crippen LogP contribution in [-0.2, 0) is 19.4 Å². The number of methoxy groups -OCH3 is 1. The van der Waals surface area contributed by atoms with Crippen molar-refractivity contribution in [2.75, 3.05) is 12.9 Å². The van der Waals surface area contributed by atoms with Crippen LogP contribution in [0, 0.1) is 0 Å². The smallest absolute Gasteiger partial charge is 0.335 e. The van der Waals surface area contributed by atoms with E-state index in [1.54, 1.807) is 0 Å². The van der Waals surface area contributed by atoms with Gasteiger partial charge in [-0.15, -0.1) is 0 Å². The van der Waals surface area contributed by atoms with E-state index < -0.39 is 9.83 Å². The van der Waals surface area contributed by atoms with E-state index in [1.807, 2.05) is 12.1 Å². The van der Waals surface area contributed by atoms with Crippen LogP contribution in [0.1, 0.15) is 36.8 Å². The fourth-order valence-electron chi connectivity index (χ4n) is 2.82. The molecule has 0 radical (unpaired) electrons. The summed E-state index contributed by atoms with van der Waals surface area (Å²) in [6, 6.07) is 8.06. The summed E-state index contributed by atoms with van der Waals surface area (Å²) in [5.74, 6) is 0.0639. The first-order chi connectivity index (χ1) is 10.7. The zero-order valence-corrected chi connectivity index (χ0v) is 14.1. The van der Waals surface area contributed by atoms with Gasteiger partial charge in [0.05, 0.1) is 17.6 Å². The Labute approximate surface area is 136 Å². The minimum absolute atomic E-state index is 0.382. The van der Waals surface area contributed by atoms with Gasteiger partial charge in [-0.2, -0.15) is 0 Å². The van der Waals surface area contributed by atoms with Crippen LogP contribution in [0.25, 0.3) is 10.5 Å². The van der Waals surface area contributed by atoms with Crippen LogP contribution in [0.5, 0.6) is 0 Å². The fraction of sp³-hybridized carbons (Fsp3) is 0.353. The van der Waals surface area contributed by atoms with Gasteiger partial charge in [0.2, 0.25) is 0 Å². The van der Waals surface area contributed by atoms with Crippen LogP contribution in [0.2, 0.25) is 0 Å². The quantitative estimate of drug-likeness (QED) is 0.620. The lowest BCUT2D eigenvalue weighted by Gasteiger charge is -2.13. The maximum Gasteiger partial charge on any atom is 0.335 e. The summed E-state index contributed by atoms with van der Waals surface area (Å²) in [4.78, 5) is 12.4. The van der Waals surface area contributed by atoms with Crippen molar-refractivity contribution >= 4 is 37.1 Å². The van der Waals surface area contributed by atoms with Gasteiger partial charge < -0.3 is 4.74 Å². The third-order valence-corrected chi connectivity index (χ3v) is 6.92. The van der Waals surface area contributed by atoms with Crippen LogP contribution in [0.3, 0.4) is 0 Å². The molecule has 2 aliphatic rings. The summed E-state index contributed by atoms with van der Waals surface area (Å²) < 4.78 is 17.0. The number of carbonyl (C=O) groups is 1. The largest absolute Gasteiger partial charge is 0.466 e. The first-order valence-electron chi connectivity index (χ1n) is 7.37. The summed E-state index contributed by atoms with van der Waals surface area (Å²) in [6.45, 7) is 0. The third kappa shape index (κ3) is 3.06. The number of allylic oxidation sites excluding steroid dienone is 2. The molecular formula is C17H18O3S2. The van der Waals surface area contributed by atoms with Crippen molar-refractivity contribution in [3.63, 3.8) is 0 Å². The lowest BCUT2D eigenvalue weighted by molar-refractivity contribution is -0.135. The standard InChI is InChI=1S/C17H18O3S2/c1-20-17(18)15-11-21-22(19)16(15)14-9-7-13(8-10-14)12-5-3-2-4-6-12/h5,7-10H,2-4,6,11H2,1H3. The molecule has 0 fully saturated rings. The normalized spacial score (nSPS) is 21.7. The average Bonchev–Trinajstić information content (AvgIpc) is 2.97. The van der Waals surface area contributed by atoms with E-state index >= 15 is 0 Å². The van der Waals surface area contributed by atoms with Crippen molar-refractivity contribution in [2.24, 2.45) is 0 Å². The topological polar surface area (TPSA) is 43.4 Å². The van der Waals surface area contributed by atoms with E-state index in [2.05, 4.69) is 18.2 Å². The second-order valence-electron chi connectivity index (χ2n) is 5.35. The van der Waals surface area contributed by atoms with Gasteiger partial charge in [0.15, 0.2) is 0 Å². The first kappa shape index (κ1) is 15.6. The molecule has 0 amide bonds. The Morgan fingerprint density at radius 3 is 2.55 bits per heavy atom. The van der Waals surface area contributed by atoms with Crippen LogP contribution in [0.15, 0.2) is 35.9 Å². The maximum atomic E-state index is 12.2. The van der Waals surface area contributed by atoms with E-state index in [0.29, 0.717) is 16.2 Å². The second-order valence-corrected chi connectivity index (χ2v) is 8.37. The molecule has 116 valence electrons. The van der Waals surface area contributed by atoms with Crippen molar-refractivity contribution in [2.45, 2.75) is 25.7 Å². The number of hydrogen-bond donors (Lipinski definition) is 0. The molecular weight excluding hydrogens is 316 g/mol. The van der Waals surface area contributed by atoms with Crippen LogP contribution < -0.4 is 0 Å². The predicted octanol–water partition coefficient (Wildman–Crippen LogP) is 3.94. The molecule has 3 nitrogen and oxygen atoms in total. The Morgan fingerprint density at radius 1 is 1.18 bits per heavy atom. The third-order valence-electron chi connectivity index (χ3n) is 3.99. The maximum absolute atomic E-state index is 12.2. The van der Waals surface area contributed by atoms with Crippen molar-refractivity contribution < 1.29 is 13.7 Å². The molecule has 0 spiro atoms.